The fraction of sp³-hybridized carbons (Fsp3) is 0.344. The van der Waals surface area contributed by atoms with Crippen LogP contribution < -0.4 is 24.8 Å². The van der Waals surface area contributed by atoms with Crippen LogP contribution in [0.3, 0.4) is 0 Å². The first-order valence-electron chi connectivity index (χ1n) is 14.1. The number of pyridine rings is 3. The molecule has 4 aromatic rings. The Morgan fingerprint density at radius 1 is 0.909 bits per heavy atom. The molecule has 8 nitrogen and oxygen atoms in total. The van der Waals surface area contributed by atoms with E-state index in [4.69, 9.17) is 25.8 Å². The van der Waals surface area contributed by atoms with Gasteiger partial charge in [0, 0.05) is 41.5 Å². The Labute approximate surface area is 259 Å². The van der Waals surface area contributed by atoms with Crippen molar-refractivity contribution in [3.8, 4) is 40.2 Å². The number of hydrogen-bond acceptors (Lipinski definition) is 8. The van der Waals surface area contributed by atoms with E-state index in [0.717, 1.165) is 28.3 Å². The minimum Gasteiger partial charge on any atom is -0.481 e. The first kappa shape index (κ1) is 31.5. The van der Waals surface area contributed by atoms with Crippen LogP contribution in [0.2, 0.25) is 5.02 Å². The molecule has 0 unspecified atom stereocenters. The van der Waals surface area contributed by atoms with E-state index in [9.17, 15) is 13.2 Å². The highest BCUT2D eigenvalue weighted by Crippen LogP contribution is 2.44. The summed E-state index contributed by atoms with van der Waals surface area (Å²) in [5.41, 5.74) is 4.56. The van der Waals surface area contributed by atoms with E-state index < -0.39 is 23.7 Å². The van der Waals surface area contributed by atoms with E-state index in [2.05, 4.69) is 25.6 Å². The Bertz CT molecular complexity index is 1650. The molecule has 0 bridgehead atoms. The van der Waals surface area contributed by atoms with E-state index in [-0.39, 0.29) is 18.0 Å². The molecule has 0 aliphatic heterocycles. The van der Waals surface area contributed by atoms with E-state index in [1.54, 1.807) is 26.4 Å². The van der Waals surface area contributed by atoms with Crippen molar-refractivity contribution in [1.82, 2.24) is 25.6 Å². The van der Waals surface area contributed by atoms with E-state index in [1.807, 2.05) is 37.4 Å². The minimum absolute atomic E-state index is 0.0733. The van der Waals surface area contributed by atoms with Gasteiger partial charge in [0.25, 0.3) is 0 Å². The van der Waals surface area contributed by atoms with E-state index >= 15 is 0 Å². The summed E-state index contributed by atoms with van der Waals surface area (Å²) in [4.78, 5) is 13.4. The highest BCUT2D eigenvalue weighted by Gasteiger charge is 2.38. The van der Waals surface area contributed by atoms with Crippen molar-refractivity contribution in [1.29, 1.82) is 0 Å². The number of nitrogens with one attached hydrogen (secondary N) is 2. The summed E-state index contributed by atoms with van der Waals surface area (Å²) < 4.78 is 59.3. The molecule has 12 heteroatoms. The van der Waals surface area contributed by atoms with Gasteiger partial charge in [0.05, 0.1) is 30.6 Å². The number of benzene rings is 1. The van der Waals surface area contributed by atoms with E-state index in [1.165, 1.54) is 7.11 Å². The second-order valence-electron chi connectivity index (χ2n) is 10.3. The summed E-state index contributed by atoms with van der Waals surface area (Å²) in [6.45, 7) is 0.752. The summed E-state index contributed by atoms with van der Waals surface area (Å²) in [7, 11) is 6.42. The number of methoxy groups -OCH3 is 2. The van der Waals surface area contributed by atoms with Crippen LogP contribution in [0.15, 0.2) is 48.7 Å². The van der Waals surface area contributed by atoms with Crippen molar-refractivity contribution in [3.05, 3.63) is 81.5 Å². The van der Waals surface area contributed by atoms with Gasteiger partial charge in [-0.2, -0.15) is 18.2 Å². The predicted molar refractivity (Wildman–Crippen MR) is 162 cm³/mol. The van der Waals surface area contributed by atoms with Crippen LogP contribution >= 0.6 is 11.6 Å². The third-order valence-corrected chi connectivity index (χ3v) is 7.90. The van der Waals surface area contributed by atoms with Crippen LogP contribution in [0.25, 0.3) is 22.5 Å². The zero-order chi connectivity index (χ0) is 31.4. The van der Waals surface area contributed by atoms with Crippen molar-refractivity contribution < 1.29 is 27.4 Å². The third kappa shape index (κ3) is 6.31. The van der Waals surface area contributed by atoms with Crippen molar-refractivity contribution in [2.45, 2.75) is 44.6 Å². The molecule has 1 atom stereocenters. The summed E-state index contributed by atoms with van der Waals surface area (Å²) >= 11 is 6.99. The summed E-state index contributed by atoms with van der Waals surface area (Å²) in [5, 5.41) is 6.35. The van der Waals surface area contributed by atoms with Gasteiger partial charge < -0.3 is 24.8 Å². The molecule has 5 rings (SSSR count). The molecule has 0 fully saturated rings. The van der Waals surface area contributed by atoms with Gasteiger partial charge in [-0.05, 0) is 62.7 Å². The SMILES string of the molecule is CNCc1ccc(-c2ccnc(-c3cccc4c3CCC[C@H]4Oc3nc(OC)c(CNC)cc3C(F)(F)F)c2Cl)nc1OC. The standard InChI is InChI=1S/C32H33ClF3N5O3/c1-37-16-18-11-12-25(40-29(18)42-3)23-13-14-39-28(27(23)33)22-9-5-8-21-20(22)7-6-10-26(21)44-31-24(32(34,35)36)15-19(17-38-2)30(41-31)43-4/h5,8-9,11-15,26,37-38H,6-7,10,16-17H2,1-4H3/t26-/m1/s1. The van der Waals surface area contributed by atoms with Crippen LogP contribution in [-0.4, -0.2) is 43.3 Å². The molecule has 0 radical (unpaired) electrons. The molecule has 232 valence electrons. The van der Waals surface area contributed by atoms with Crippen molar-refractivity contribution in [3.63, 3.8) is 0 Å². The quantitative estimate of drug-likeness (QED) is 0.199. The highest BCUT2D eigenvalue weighted by molar-refractivity contribution is 6.35. The number of nitrogens with zero attached hydrogens (tertiary/aromatic N) is 3. The molecule has 2 N–H and O–H groups in total. The maximum absolute atomic E-state index is 14.2. The van der Waals surface area contributed by atoms with Crippen LogP contribution in [0.1, 0.15) is 46.8 Å². The Morgan fingerprint density at radius 2 is 1.64 bits per heavy atom. The molecule has 1 aliphatic rings. The topological polar surface area (TPSA) is 90.4 Å². The maximum atomic E-state index is 14.2. The summed E-state index contributed by atoms with van der Waals surface area (Å²) in [5.74, 6) is 0.0485. The zero-order valence-electron chi connectivity index (χ0n) is 24.8. The number of hydrogen-bond donors (Lipinski definition) is 2. The monoisotopic (exact) mass is 627 g/mol. The third-order valence-electron chi connectivity index (χ3n) is 7.52. The highest BCUT2D eigenvalue weighted by atomic mass is 35.5. The average molecular weight is 628 g/mol. The van der Waals surface area contributed by atoms with Gasteiger partial charge >= 0.3 is 6.18 Å². The van der Waals surface area contributed by atoms with Crippen LogP contribution in [0.5, 0.6) is 17.6 Å². The van der Waals surface area contributed by atoms with Gasteiger partial charge in [0.2, 0.25) is 17.6 Å². The molecule has 0 saturated heterocycles. The van der Waals surface area contributed by atoms with Gasteiger partial charge in [0.15, 0.2) is 0 Å². The average Bonchev–Trinajstić information content (AvgIpc) is 3.01. The number of halogens is 4. The van der Waals surface area contributed by atoms with E-state index in [0.29, 0.717) is 53.7 Å². The van der Waals surface area contributed by atoms with Gasteiger partial charge in [-0.3, -0.25) is 4.98 Å². The number of alkyl halides is 3. The largest absolute Gasteiger partial charge is 0.481 e. The zero-order valence-corrected chi connectivity index (χ0v) is 25.6. The number of rotatable bonds is 10. The fourth-order valence-corrected chi connectivity index (χ4v) is 5.85. The fourth-order valence-electron chi connectivity index (χ4n) is 5.54. The van der Waals surface area contributed by atoms with Crippen LogP contribution in [0.4, 0.5) is 13.2 Å². The summed E-state index contributed by atoms with van der Waals surface area (Å²) in [6.07, 6.45) is -1.78. The lowest BCUT2D eigenvalue weighted by atomic mass is 9.85. The molecular weight excluding hydrogens is 595 g/mol. The maximum Gasteiger partial charge on any atom is 0.421 e. The normalized spacial score (nSPS) is 14.7. The predicted octanol–water partition coefficient (Wildman–Crippen LogP) is 6.79. The Balaban J connectivity index is 1.54. The number of ether oxygens (including phenoxy) is 3. The van der Waals surface area contributed by atoms with Crippen molar-refractivity contribution in [2.24, 2.45) is 0 Å². The second-order valence-corrected chi connectivity index (χ2v) is 10.7. The lowest BCUT2D eigenvalue weighted by Crippen LogP contribution is -2.20. The van der Waals surface area contributed by atoms with Gasteiger partial charge in [-0.15, -0.1) is 0 Å². The van der Waals surface area contributed by atoms with Crippen LogP contribution in [-0.2, 0) is 25.7 Å². The van der Waals surface area contributed by atoms with Crippen molar-refractivity contribution >= 4 is 11.6 Å². The first-order valence-corrected chi connectivity index (χ1v) is 14.5. The molecule has 0 amide bonds. The molecule has 1 aliphatic carbocycles. The molecule has 0 saturated carbocycles. The van der Waals surface area contributed by atoms with Crippen LogP contribution in [0, 0.1) is 0 Å². The lowest BCUT2D eigenvalue weighted by Gasteiger charge is -2.29. The smallest absolute Gasteiger partial charge is 0.421 e. The Kier molecular flexibility index (Phi) is 9.57. The van der Waals surface area contributed by atoms with Gasteiger partial charge in [-0.25, -0.2) is 4.98 Å². The second kappa shape index (κ2) is 13.4. The number of fused-ring (bicyclic) bond motifs is 1. The summed E-state index contributed by atoms with van der Waals surface area (Å²) in [6, 6.07) is 12.3. The lowest BCUT2D eigenvalue weighted by molar-refractivity contribution is -0.139. The molecule has 3 heterocycles. The molecule has 3 aromatic heterocycles. The molecule has 0 spiro atoms. The molecular formula is C32H33ClF3N5O3. The Morgan fingerprint density at radius 3 is 2.34 bits per heavy atom. The van der Waals surface area contributed by atoms with Gasteiger partial charge in [0.1, 0.15) is 11.7 Å². The Hall–Kier alpha value is -3.93. The number of aromatic nitrogens is 3. The van der Waals surface area contributed by atoms with Gasteiger partial charge in [-0.1, -0.05) is 35.9 Å². The minimum atomic E-state index is -4.67. The first-order chi connectivity index (χ1) is 21.2. The van der Waals surface area contributed by atoms with Crippen molar-refractivity contribution in [2.75, 3.05) is 28.3 Å². The molecule has 44 heavy (non-hydrogen) atoms. The molecule has 1 aromatic carbocycles.